The third-order valence-electron chi connectivity index (χ3n) is 1.85. The summed E-state index contributed by atoms with van der Waals surface area (Å²) in [6.45, 7) is 0. The van der Waals surface area contributed by atoms with E-state index in [1.54, 1.807) is 17.1 Å². The van der Waals surface area contributed by atoms with E-state index in [2.05, 4.69) is 5.10 Å². The zero-order valence-corrected chi connectivity index (χ0v) is 8.57. The van der Waals surface area contributed by atoms with Crippen molar-refractivity contribution in [3.8, 4) is 0 Å². The Kier molecular flexibility index (Phi) is 2.45. The van der Waals surface area contributed by atoms with E-state index < -0.39 is 10.8 Å². The summed E-state index contributed by atoms with van der Waals surface area (Å²) in [5.74, 6) is 0. The first kappa shape index (κ1) is 9.15. The first-order chi connectivity index (χ1) is 6.77. The van der Waals surface area contributed by atoms with Crippen molar-refractivity contribution in [2.45, 2.75) is 9.79 Å². The predicted octanol–water partition coefficient (Wildman–Crippen LogP) is 1.59. The second kappa shape index (κ2) is 3.75. The van der Waals surface area contributed by atoms with E-state index in [-0.39, 0.29) is 0 Å². The van der Waals surface area contributed by atoms with Crippen molar-refractivity contribution in [2.75, 3.05) is 0 Å². The second-order valence-corrected chi connectivity index (χ2v) is 4.41. The molecule has 1 atom stereocenters. The van der Waals surface area contributed by atoms with Gasteiger partial charge in [0.05, 0.1) is 21.9 Å². The molecule has 72 valence electrons. The molecule has 0 saturated carbocycles. The minimum Gasteiger partial charge on any atom is -0.275 e. The first-order valence-electron chi connectivity index (χ1n) is 4.23. The smallest absolute Gasteiger partial charge is 0.0881 e. The quantitative estimate of drug-likeness (QED) is 0.747. The van der Waals surface area contributed by atoms with E-state index in [0.717, 1.165) is 9.79 Å². The lowest BCUT2D eigenvalue weighted by Gasteiger charge is -1.96. The van der Waals surface area contributed by atoms with Crippen molar-refractivity contribution in [3.05, 3.63) is 42.7 Å². The molecule has 1 aromatic heterocycles. The highest BCUT2D eigenvalue weighted by Gasteiger charge is 2.07. The molecule has 0 bridgehead atoms. The third kappa shape index (κ3) is 1.75. The molecule has 0 saturated heterocycles. The average Bonchev–Trinajstić information content (AvgIpc) is 2.65. The SMILES string of the molecule is Cn1cc(S(=O)c2ccccc2)cn1. The van der Waals surface area contributed by atoms with Gasteiger partial charge in [0.1, 0.15) is 0 Å². The Balaban J connectivity index is 2.34. The number of nitrogens with zero attached hydrogens (tertiary/aromatic N) is 2. The van der Waals surface area contributed by atoms with Crippen molar-refractivity contribution in [1.29, 1.82) is 0 Å². The van der Waals surface area contributed by atoms with Gasteiger partial charge in [0.2, 0.25) is 0 Å². The first-order valence-corrected chi connectivity index (χ1v) is 5.38. The Bertz CT molecular complexity index is 450. The number of aromatic nitrogens is 2. The fraction of sp³-hybridized carbons (Fsp3) is 0.100. The van der Waals surface area contributed by atoms with Gasteiger partial charge in [-0.05, 0) is 12.1 Å². The summed E-state index contributed by atoms with van der Waals surface area (Å²) in [6, 6.07) is 9.36. The van der Waals surface area contributed by atoms with Crippen LogP contribution in [0.15, 0.2) is 52.5 Å². The van der Waals surface area contributed by atoms with Gasteiger partial charge in [-0.3, -0.25) is 4.68 Å². The number of hydrogen-bond donors (Lipinski definition) is 0. The van der Waals surface area contributed by atoms with Gasteiger partial charge >= 0.3 is 0 Å². The van der Waals surface area contributed by atoms with Crippen LogP contribution in [0.3, 0.4) is 0 Å². The molecule has 0 spiro atoms. The van der Waals surface area contributed by atoms with Gasteiger partial charge in [-0.15, -0.1) is 0 Å². The number of aryl methyl sites for hydroxylation is 1. The highest BCUT2D eigenvalue weighted by molar-refractivity contribution is 7.85. The molecule has 2 rings (SSSR count). The Morgan fingerprint density at radius 2 is 1.93 bits per heavy atom. The molecular formula is C10H10N2OS. The van der Waals surface area contributed by atoms with Gasteiger partial charge in [-0.1, -0.05) is 18.2 Å². The van der Waals surface area contributed by atoms with Crippen LogP contribution in [0, 0.1) is 0 Å². The summed E-state index contributed by atoms with van der Waals surface area (Å²) in [6.07, 6.45) is 3.40. The average molecular weight is 206 g/mol. The molecule has 4 heteroatoms. The van der Waals surface area contributed by atoms with E-state index in [0.29, 0.717) is 0 Å². The standard InChI is InChI=1S/C10H10N2OS/c1-12-8-10(7-11-12)14(13)9-5-3-2-4-6-9/h2-8H,1H3. The molecule has 1 heterocycles. The summed E-state index contributed by atoms with van der Waals surface area (Å²) in [7, 11) is 0.702. The molecule has 0 aliphatic rings. The molecule has 1 unspecified atom stereocenters. The van der Waals surface area contributed by atoms with Gasteiger partial charge in [0.25, 0.3) is 0 Å². The van der Waals surface area contributed by atoms with Crippen molar-refractivity contribution in [3.63, 3.8) is 0 Å². The lowest BCUT2D eigenvalue weighted by molar-refractivity contribution is 0.683. The maximum atomic E-state index is 11.9. The topological polar surface area (TPSA) is 34.9 Å². The summed E-state index contributed by atoms with van der Waals surface area (Å²) in [5, 5.41) is 3.99. The van der Waals surface area contributed by atoms with Crippen LogP contribution in [0.5, 0.6) is 0 Å². The van der Waals surface area contributed by atoms with Crippen molar-refractivity contribution in [2.24, 2.45) is 7.05 Å². The van der Waals surface area contributed by atoms with Crippen LogP contribution in [-0.2, 0) is 17.8 Å². The van der Waals surface area contributed by atoms with Crippen LogP contribution in [-0.4, -0.2) is 14.0 Å². The Labute approximate surface area is 84.8 Å². The minimum atomic E-state index is -1.11. The zero-order valence-electron chi connectivity index (χ0n) is 7.75. The highest BCUT2D eigenvalue weighted by atomic mass is 32.2. The molecule has 14 heavy (non-hydrogen) atoms. The second-order valence-electron chi connectivity index (χ2n) is 2.93. The monoisotopic (exact) mass is 206 g/mol. The molecule has 0 fully saturated rings. The van der Waals surface area contributed by atoms with Gasteiger partial charge in [0.15, 0.2) is 0 Å². The van der Waals surface area contributed by atoms with Gasteiger partial charge in [-0.25, -0.2) is 4.21 Å². The Morgan fingerprint density at radius 1 is 1.21 bits per heavy atom. The van der Waals surface area contributed by atoms with Crippen LogP contribution in [0.2, 0.25) is 0 Å². The molecular weight excluding hydrogens is 196 g/mol. The Hall–Kier alpha value is -1.42. The number of hydrogen-bond acceptors (Lipinski definition) is 2. The fourth-order valence-corrected chi connectivity index (χ4v) is 2.24. The summed E-state index contributed by atoms with van der Waals surface area (Å²) >= 11 is 0. The van der Waals surface area contributed by atoms with Gasteiger partial charge in [-0.2, -0.15) is 5.10 Å². The molecule has 2 aromatic rings. The maximum Gasteiger partial charge on any atom is 0.0881 e. The van der Waals surface area contributed by atoms with Crippen molar-refractivity contribution in [1.82, 2.24) is 9.78 Å². The molecule has 3 nitrogen and oxygen atoms in total. The maximum absolute atomic E-state index is 11.9. The van der Waals surface area contributed by atoms with Crippen LogP contribution >= 0.6 is 0 Å². The summed E-state index contributed by atoms with van der Waals surface area (Å²) in [4.78, 5) is 1.54. The lowest BCUT2D eigenvalue weighted by atomic mass is 10.4. The summed E-state index contributed by atoms with van der Waals surface area (Å²) in [5.41, 5.74) is 0. The normalized spacial score (nSPS) is 12.6. The largest absolute Gasteiger partial charge is 0.275 e. The molecule has 0 N–H and O–H groups in total. The lowest BCUT2D eigenvalue weighted by Crippen LogP contribution is -1.90. The number of benzene rings is 1. The van der Waals surface area contributed by atoms with Crippen molar-refractivity contribution >= 4 is 10.8 Å². The van der Waals surface area contributed by atoms with E-state index >= 15 is 0 Å². The molecule has 0 aliphatic heterocycles. The van der Waals surface area contributed by atoms with Gasteiger partial charge < -0.3 is 0 Å². The van der Waals surface area contributed by atoms with E-state index in [4.69, 9.17) is 0 Å². The molecule has 1 aromatic carbocycles. The van der Waals surface area contributed by atoms with E-state index in [1.165, 1.54) is 0 Å². The van der Waals surface area contributed by atoms with Crippen LogP contribution < -0.4 is 0 Å². The minimum absolute atomic E-state index is 0.735. The Morgan fingerprint density at radius 3 is 2.50 bits per heavy atom. The van der Waals surface area contributed by atoms with Crippen LogP contribution in [0.25, 0.3) is 0 Å². The van der Waals surface area contributed by atoms with Crippen molar-refractivity contribution < 1.29 is 4.21 Å². The molecule has 0 aliphatic carbocycles. The molecule has 0 radical (unpaired) electrons. The van der Waals surface area contributed by atoms with Gasteiger partial charge in [0, 0.05) is 18.1 Å². The van der Waals surface area contributed by atoms with Crippen LogP contribution in [0.4, 0.5) is 0 Å². The highest BCUT2D eigenvalue weighted by Crippen LogP contribution is 2.14. The number of rotatable bonds is 2. The molecule has 0 amide bonds. The zero-order chi connectivity index (χ0) is 9.97. The van der Waals surface area contributed by atoms with E-state index in [9.17, 15) is 4.21 Å². The van der Waals surface area contributed by atoms with Crippen LogP contribution in [0.1, 0.15) is 0 Å². The predicted molar refractivity (Wildman–Crippen MR) is 54.3 cm³/mol. The van der Waals surface area contributed by atoms with E-state index in [1.807, 2.05) is 37.4 Å². The third-order valence-corrected chi connectivity index (χ3v) is 3.19. The fourth-order valence-electron chi connectivity index (χ4n) is 1.17. The summed E-state index contributed by atoms with van der Waals surface area (Å²) < 4.78 is 13.6.